The Labute approximate surface area is 59.8 Å². The molecule has 10 heavy (non-hydrogen) atoms. The molecule has 0 atom stereocenters. The Hall–Kier alpha value is -1.34. The lowest BCUT2D eigenvalue weighted by Crippen LogP contribution is -1.94. The number of carboxylic acids is 1. The Kier molecular flexibility index (Phi) is 8.78. The number of rotatable bonds is 1. The highest BCUT2D eigenvalue weighted by Gasteiger charge is 1.97. The lowest BCUT2D eigenvalue weighted by molar-refractivity contribution is -0.132. The molecule has 0 rings (SSSR count). The summed E-state index contributed by atoms with van der Waals surface area (Å²) in [5.74, 6) is -1.26. The van der Waals surface area contributed by atoms with E-state index in [-0.39, 0.29) is 0 Å². The van der Waals surface area contributed by atoms with Crippen molar-refractivity contribution >= 4 is 5.97 Å². The lowest BCUT2D eigenvalue weighted by atomic mass is 10.4. The molecule has 0 spiro atoms. The van der Waals surface area contributed by atoms with Crippen LogP contribution >= 0.6 is 0 Å². The highest BCUT2D eigenvalue weighted by molar-refractivity contribution is 5.90. The van der Waals surface area contributed by atoms with Gasteiger partial charge in [-0.3, -0.25) is 0 Å². The Morgan fingerprint density at radius 2 is 2.00 bits per heavy atom. The van der Waals surface area contributed by atoms with Crippen molar-refractivity contribution in [2.24, 2.45) is 0 Å². The van der Waals surface area contributed by atoms with Crippen LogP contribution in [0.4, 0.5) is 0 Å². The first-order chi connectivity index (χ1) is 4.59. The van der Waals surface area contributed by atoms with Crippen LogP contribution in [0, 0.1) is 11.3 Å². The summed E-state index contributed by atoms with van der Waals surface area (Å²) in [5, 5.41) is 18.4. The molecule has 56 valence electrons. The van der Waals surface area contributed by atoms with Crippen molar-refractivity contribution in [3.63, 3.8) is 0 Å². The number of aliphatic carboxylic acids is 1. The molecule has 0 unspecified atom stereocenters. The van der Waals surface area contributed by atoms with Crippen LogP contribution in [-0.2, 0) is 4.79 Å². The second-order valence-corrected chi connectivity index (χ2v) is 1.40. The SMILES string of the molecule is C=C(C#N)C(=O)O.CNC. The summed E-state index contributed by atoms with van der Waals surface area (Å²) >= 11 is 0. The van der Waals surface area contributed by atoms with Crippen LogP contribution in [0.25, 0.3) is 0 Å². The lowest BCUT2D eigenvalue weighted by Gasteiger charge is -1.76. The molecule has 0 aliphatic heterocycles. The van der Waals surface area contributed by atoms with Crippen LogP contribution in [-0.4, -0.2) is 25.2 Å². The average molecular weight is 142 g/mol. The van der Waals surface area contributed by atoms with Crippen molar-refractivity contribution < 1.29 is 9.90 Å². The number of hydrogen-bond donors (Lipinski definition) is 2. The standard InChI is InChI=1S/C4H3NO2.C2H7N/c1-3(2-5)4(6)7;1-3-2/h1H2,(H,6,7);3H,1-2H3. The maximum atomic E-state index is 9.61. The number of hydrogen-bond acceptors (Lipinski definition) is 3. The smallest absolute Gasteiger partial charge is 0.345 e. The molecule has 0 amide bonds. The monoisotopic (exact) mass is 142 g/mol. The first-order valence-corrected chi connectivity index (χ1v) is 2.50. The summed E-state index contributed by atoms with van der Waals surface area (Å²) in [6.07, 6.45) is 0. The van der Waals surface area contributed by atoms with Gasteiger partial charge in [0.15, 0.2) is 0 Å². The molecule has 0 aromatic rings. The highest BCUT2D eigenvalue weighted by Crippen LogP contribution is 1.81. The zero-order valence-corrected chi connectivity index (χ0v) is 6.01. The third-order valence-electron chi connectivity index (χ3n) is 0.393. The van der Waals surface area contributed by atoms with E-state index in [1.807, 2.05) is 14.1 Å². The van der Waals surface area contributed by atoms with E-state index in [1.54, 1.807) is 0 Å². The number of nitriles is 1. The van der Waals surface area contributed by atoms with E-state index in [0.717, 1.165) is 0 Å². The van der Waals surface area contributed by atoms with E-state index in [4.69, 9.17) is 10.4 Å². The van der Waals surface area contributed by atoms with Crippen molar-refractivity contribution in [2.75, 3.05) is 14.1 Å². The number of carboxylic acid groups (broad SMARTS) is 1. The molecule has 0 bridgehead atoms. The fourth-order valence-corrected chi connectivity index (χ4v) is 0.0478. The molecule has 4 nitrogen and oxygen atoms in total. The molecule has 0 radical (unpaired) electrons. The summed E-state index contributed by atoms with van der Waals surface area (Å²) in [7, 11) is 3.75. The molecule has 0 aromatic carbocycles. The van der Waals surface area contributed by atoms with Crippen LogP contribution in [0.1, 0.15) is 0 Å². The summed E-state index contributed by atoms with van der Waals surface area (Å²) in [6, 6.07) is 1.37. The highest BCUT2D eigenvalue weighted by atomic mass is 16.4. The van der Waals surface area contributed by atoms with Gasteiger partial charge in [-0.15, -0.1) is 0 Å². The average Bonchev–Trinajstić information content (AvgIpc) is 1.88. The van der Waals surface area contributed by atoms with Crippen molar-refractivity contribution in [2.45, 2.75) is 0 Å². The molecule has 4 heteroatoms. The van der Waals surface area contributed by atoms with E-state index < -0.39 is 11.5 Å². The molecule has 0 saturated carbocycles. The van der Waals surface area contributed by atoms with Crippen LogP contribution < -0.4 is 5.32 Å². The Bertz CT molecular complexity index is 158. The van der Waals surface area contributed by atoms with Gasteiger partial charge in [0, 0.05) is 0 Å². The van der Waals surface area contributed by atoms with Crippen molar-refractivity contribution in [1.82, 2.24) is 5.32 Å². The molecule has 0 aliphatic carbocycles. The minimum Gasteiger partial charge on any atom is -0.477 e. The molecule has 0 fully saturated rings. The van der Waals surface area contributed by atoms with Gasteiger partial charge < -0.3 is 10.4 Å². The van der Waals surface area contributed by atoms with Gasteiger partial charge in [-0.25, -0.2) is 4.79 Å². The quantitative estimate of drug-likeness (QED) is 0.399. The third-order valence-corrected chi connectivity index (χ3v) is 0.393. The zero-order valence-electron chi connectivity index (χ0n) is 6.01. The van der Waals surface area contributed by atoms with E-state index in [9.17, 15) is 4.79 Å². The normalized spacial score (nSPS) is 6.50. The van der Waals surface area contributed by atoms with Gasteiger partial charge in [-0.2, -0.15) is 5.26 Å². The molecule has 0 heterocycles. The van der Waals surface area contributed by atoms with Gasteiger partial charge in [-0.1, -0.05) is 6.58 Å². The van der Waals surface area contributed by atoms with Crippen LogP contribution in [0.3, 0.4) is 0 Å². The van der Waals surface area contributed by atoms with Gasteiger partial charge in [-0.05, 0) is 14.1 Å². The Morgan fingerprint density at radius 3 is 2.00 bits per heavy atom. The zero-order chi connectivity index (χ0) is 8.57. The van der Waals surface area contributed by atoms with E-state index in [1.165, 1.54) is 6.07 Å². The Balaban J connectivity index is 0. The number of nitrogens with zero attached hydrogens (tertiary/aromatic N) is 1. The Morgan fingerprint density at radius 1 is 1.70 bits per heavy atom. The minimum atomic E-state index is -1.26. The molecule has 0 aromatic heterocycles. The maximum Gasteiger partial charge on any atom is 0.345 e. The van der Waals surface area contributed by atoms with Gasteiger partial charge in [0.05, 0.1) is 0 Å². The third kappa shape index (κ3) is 9.83. The first kappa shape index (κ1) is 11.5. The van der Waals surface area contributed by atoms with E-state index in [2.05, 4.69) is 11.9 Å². The molecular weight excluding hydrogens is 132 g/mol. The second kappa shape index (κ2) is 7.66. The number of nitrogens with one attached hydrogen (secondary N) is 1. The molecule has 2 N–H and O–H groups in total. The van der Waals surface area contributed by atoms with Gasteiger partial charge in [0.2, 0.25) is 0 Å². The van der Waals surface area contributed by atoms with E-state index >= 15 is 0 Å². The fraction of sp³-hybridized carbons (Fsp3) is 0.333. The maximum absolute atomic E-state index is 9.61. The van der Waals surface area contributed by atoms with Gasteiger partial charge >= 0.3 is 5.97 Å². The van der Waals surface area contributed by atoms with Crippen LogP contribution in [0.15, 0.2) is 12.2 Å². The van der Waals surface area contributed by atoms with E-state index in [0.29, 0.717) is 0 Å². The largest absolute Gasteiger partial charge is 0.477 e. The summed E-state index contributed by atoms with van der Waals surface area (Å²) in [4.78, 5) is 9.61. The summed E-state index contributed by atoms with van der Waals surface area (Å²) in [6.45, 7) is 2.91. The van der Waals surface area contributed by atoms with Crippen molar-refractivity contribution in [3.05, 3.63) is 12.2 Å². The van der Waals surface area contributed by atoms with Crippen molar-refractivity contribution in [1.29, 1.82) is 5.26 Å². The first-order valence-electron chi connectivity index (χ1n) is 2.50. The second-order valence-electron chi connectivity index (χ2n) is 1.40. The van der Waals surface area contributed by atoms with Gasteiger partial charge in [0.1, 0.15) is 11.6 Å². The fourth-order valence-electron chi connectivity index (χ4n) is 0.0478. The molecular formula is C6H10N2O2. The summed E-state index contributed by atoms with van der Waals surface area (Å²) < 4.78 is 0. The van der Waals surface area contributed by atoms with Crippen LogP contribution in [0.5, 0.6) is 0 Å². The molecule has 0 aliphatic rings. The van der Waals surface area contributed by atoms with Crippen LogP contribution in [0.2, 0.25) is 0 Å². The minimum absolute atomic E-state index is 0.431. The summed E-state index contributed by atoms with van der Waals surface area (Å²) in [5.41, 5.74) is -0.431. The predicted molar refractivity (Wildman–Crippen MR) is 37.4 cm³/mol. The number of carbonyl (C=O) groups is 1. The molecule has 0 saturated heterocycles. The topological polar surface area (TPSA) is 73.1 Å². The predicted octanol–water partition coefficient (Wildman–Crippen LogP) is -0.0136. The van der Waals surface area contributed by atoms with Gasteiger partial charge in [0.25, 0.3) is 0 Å². The van der Waals surface area contributed by atoms with Crippen molar-refractivity contribution in [3.8, 4) is 6.07 Å².